The average Bonchev–Trinajstić information content (AvgIpc) is 2.24. The van der Waals surface area contributed by atoms with Gasteiger partial charge in [-0.1, -0.05) is 26.8 Å². The molecule has 0 amide bonds. The fraction of sp³-hybridized carbons (Fsp3) is 0.538. The largest absolute Gasteiger partial charge is 0.497 e. The zero-order valence-corrected chi connectivity index (χ0v) is 10.6. The molecule has 0 fully saturated rings. The predicted molar refractivity (Wildman–Crippen MR) is 68.9 cm³/mol. The number of hydrogen-bond acceptors (Lipinski definition) is 3. The Hall–Kier alpha value is -1.22. The van der Waals surface area contributed by atoms with Gasteiger partial charge in [-0.05, 0) is 17.5 Å². The molecular formula is C13H22N2O. The third-order valence-electron chi connectivity index (χ3n) is 2.69. The number of methoxy groups -OCH3 is 1. The average molecular weight is 222 g/mol. The Morgan fingerprint density at radius 3 is 2.56 bits per heavy atom. The second-order valence-electron chi connectivity index (χ2n) is 5.03. The van der Waals surface area contributed by atoms with Gasteiger partial charge in [0, 0.05) is 24.3 Å². The van der Waals surface area contributed by atoms with Gasteiger partial charge in [-0.25, -0.2) is 0 Å². The van der Waals surface area contributed by atoms with Crippen LogP contribution in [-0.4, -0.2) is 19.7 Å². The lowest BCUT2D eigenvalue weighted by Gasteiger charge is -2.31. The van der Waals surface area contributed by atoms with Crippen LogP contribution >= 0.6 is 0 Å². The zero-order valence-electron chi connectivity index (χ0n) is 10.6. The summed E-state index contributed by atoms with van der Waals surface area (Å²) in [5, 5.41) is 3.44. The van der Waals surface area contributed by atoms with Crippen LogP contribution in [0.2, 0.25) is 0 Å². The monoisotopic (exact) mass is 222 g/mol. The molecular weight excluding hydrogens is 200 g/mol. The number of nitrogens with two attached hydrogens (primary N) is 1. The van der Waals surface area contributed by atoms with Crippen LogP contribution < -0.4 is 15.8 Å². The molecule has 1 rings (SSSR count). The molecule has 1 unspecified atom stereocenters. The zero-order chi connectivity index (χ0) is 12.2. The van der Waals surface area contributed by atoms with Gasteiger partial charge in [-0.15, -0.1) is 0 Å². The molecule has 1 aromatic rings. The summed E-state index contributed by atoms with van der Waals surface area (Å²) >= 11 is 0. The van der Waals surface area contributed by atoms with Crippen LogP contribution in [0, 0.1) is 5.41 Å². The summed E-state index contributed by atoms with van der Waals surface area (Å²) in [7, 11) is 1.67. The van der Waals surface area contributed by atoms with E-state index in [1.807, 2.05) is 24.3 Å². The SMILES string of the molecule is COc1cccc(NC(CN)C(C)(C)C)c1. The van der Waals surface area contributed by atoms with Crippen LogP contribution in [0.1, 0.15) is 20.8 Å². The third-order valence-corrected chi connectivity index (χ3v) is 2.69. The van der Waals surface area contributed by atoms with Crippen molar-refractivity contribution in [3.63, 3.8) is 0 Å². The highest BCUT2D eigenvalue weighted by molar-refractivity contribution is 5.49. The van der Waals surface area contributed by atoms with Gasteiger partial charge in [0.05, 0.1) is 7.11 Å². The summed E-state index contributed by atoms with van der Waals surface area (Å²) in [6.07, 6.45) is 0. The normalized spacial score (nSPS) is 13.3. The van der Waals surface area contributed by atoms with Gasteiger partial charge < -0.3 is 15.8 Å². The lowest BCUT2D eigenvalue weighted by atomic mass is 9.86. The Morgan fingerprint density at radius 1 is 1.38 bits per heavy atom. The molecule has 0 radical (unpaired) electrons. The van der Waals surface area contributed by atoms with Gasteiger partial charge in [0.1, 0.15) is 5.75 Å². The molecule has 0 heterocycles. The Balaban J connectivity index is 2.78. The van der Waals surface area contributed by atoms with Gasteiger partial charge in [0.2, 0.25) is 0 Å². The van der Waals surface area contributed by atoms with Crippen LogP contribution in [0.15, 0.2) is 24.3 Å². The summed E-state index contributed by atoms with van der Waals surface area (Å²) < 4.78 is 5.18. The van der Waals surface area contributed by atoms with Crippen LogP contribution in [-0.2, 0) is 0 Å². The summed E-state index contributed by atoms with van der Waals surface area (Å²) in [5.41, 5.74) is 6.97. The van der Waals surface area contributed by atoms with E-state index in [1.54, 1.807) is 7.11 Å². The fourth-order valence-electron chi connectivity index (χ4n) is 1.54. The van der Waals surface area contributed by atoms with Crippen molar-refractivity contribution in [3.8, 4) is 5.75 Å². The van der Waals surface area contributed by atoms with Gasteiger partial charge in [0.25, 0.3) is 0 Å². The van der Waals surface area contributed by atoms with Crippen LogP contribution in [0.25, 0.3) is 0 Å². The van der Waals surface area contributed by atoms with E-state index in [4.69, 9.17) is 10.5 Å². The first-order valence-electron chi connectivity index (χ1n) is 5.58. The fourth-order valence-corrected chi connectivity index (χ4v) is 1.54. The van der Waals surface area contributed by atoms with Gasteiger partial charge in [0.15, 0.2) is 0 Å². The molecule has 3 N–H and O–H groups in total. The number of benzene rings is 1. The Bertz CT molecular complexity index is 331. The third kappa shape index (κ3) is 3.42. The number of ether oxygens (including phenoxy) is 1. The molecule has 3 heteroatoms. The van der Waals surface area contributed by atoms with E-state index < -0.39 is 0 Å². The molecule has 90 valence electrons. The number of nitrogens with one attached hydrogen (secondary N) is 1. The quantitative estimate of drug-likeness (QED) is 0.822. The Labute approximate surface area is 98.0 Å². The minimum Gasteiger partial charge on any atom is -0.497 e. The van der Waals surface area contributed by atoms with E-state index >= 15 is 0 Å². The van der Waals surface area contributed by atoms with Crippen molar-refractivity contribution in [2.24, 2.45) is 11.1 Å². The number of rotatable bonds is 4. The van der Waals surface area contributed by atoms with Gasteiger partial charge in [-0.2, -0.15) is 0 Å². The van der Waals surface area contributed by atoms with E-state index in [9.17, 15) is 0 Å². The van der Waals surface area contributed by atoms with Crippen molar-refractivity contribution >= 4 is 5.69 Å². The highest BCUT2D eigenvalue weighted by Crippen LogP contribution is 2.24. The van der Waals surface area contributed by atoms with Crippen molar-refractivity contribution in [2.45, 2.75) is 26.8 Å². The molecule has 0 aliphatic rings. The first-order valence-corrected chi connectivity index (χ1v) is 5.58. The second-order valence-corrected chi connectivity index (χ2v) is 5.03. The van der Waals surface area contributed by atoms with Crippen LogP contribution in [0.3, 0.4) is 0 Å². The minimum atomic E-state index is 0.137. The maximum atomic E-state index is 5.78. The molecule has 0 aliphatic heterocycles. The molecule has 1 aromatic carbocycles. The molecule has 0 saturated heterocycles. The van der Waals surface area contributed by atoms with Gasteiger partial charge >= 0.3 is 0 Å². The van der Waals surface area contributed by atoms with E-state index in [0.717, 1.165) is 11.4 Å². The smallest absolute Gasteiger partial charge is 0.120 e. The molecule has 1 atom stereocenters. The van der Waals surface area contributed by atoms with Crippen LogP contribution in [0.5, 0.6) is 5.75 Å². The molecule has 0 saturated carbocycles. The highest BCUT2D eigenvalue weighted by Gasteiger charge is 2.22. The molecule has 0 aliphatic carbocycles. The minimum absolute atomic E-state index is 0.137. The van der Waals surface area contributed by atoms with Crippen molar-refractivity contribution in [1.29, 1.82) is 0 Å². The maximum Gasteiger partial charge on any atom is 0.120 e. The molecule has 3 nitrogen and oxygen atoms in total. The second kappa shape index (κ2) is 5.21. The summed E-state index contributed by atoms with van der Waals surface area (Å²) in [5.74, 6) is 0.856. The Kier molecular flexibility index (Phi) is 4.19. The van der Waals surface area contributed by atoms with Crippen molar-refractivity contribution < 1.29 is 4.74 Å². The molecule has 0 spiro atoms. The number of hydrogen-bond donors (Lipinski definition) is 2. The summed E-state index contributed by atoms with van der Waals surface area (Å²) in [6.45, 7) is 7.15. The first-order chi connectivity index (χ1) is 7.47. The van der Waals surface area contributed by atoms with Crippen molar-refractivity contribution in [1.82, 2.24) is 0 Å². The van der Waals surface area contributed by atoms with E-state index in [0.29, 0.717) is 6.54 Å². The first kappa shape index (κ1) is 12.8. The maximum absolute atomic E-state index is 5.78. The summed E-state index contributed by atoms with van der Waals surface area (Å²) in [6, 6.07) is 8.15. The highest BCUT2D eigenvalue weighted by atomic mass is 16.5. The van der Waals surface area contributed by atoms with Crippen LogP contribution in [0.4, 0.5) is 5.69 Å². The Morgan fingerprint density at radius 2 is 2.06 bits per heavy atom. The molecule has 0 bridgehead atoms. The lowest BCUT2D eigenvalue weighted by molar-refractivity contribution is 0.345. The van der Waals surface area contributed by atoms with Crippen molar-refractivity contribution in [3.05, 3.63) is 24.3 Å². The van der Waals surface area contributed by atoms with E-state index in [2.05, 4.69) is 26.1 Å². The van der Waals surface area contributed by atoms with E-state index in [-0.39, 0.29) is 11.5 Å². The molecule has 0 aromatic heterocycles. The number of anilines is 1. The molecule has 16 heavy (non-hydrogen) atoms. The summed E-state index contributed by atoms with van der Waals surface area (Å²) in [4.78, 5) is 0. The van der Waals surface area contributed by atoms with E-state index in [1.165, 1.54) is 0 Å². The predicted octanol–water partition coefficient (Wildman–Crippen LogP) is 2.48. The standard InChI is InChI=1S/C13H22N2O/c1-13(2,3)12(9-14)15-10-6-5-7-11(8-10)16-4/h5-8,12,15H,9,14H2,1-4H3. The topological polar surface area (TPSA) is 47.3 Å². The van der Waals surface area contributed by atoms with Crippen molar-refractivity contribution in [2.75, 3.05) is 19.0 Å². The lowest BCUT2D eigenvalue weighted by Crippen LogP contribution is -2.40. The van der Waals surface area contributed by atoms with Gasteiger partial charge in [-0.3, -0.25) is 0 Å².